The topological polar surface area (TPSA) is 211 Å². The fourth-order valence-electron chi connectivity index (χ4n) is 1.10. The first kappa shape index (κ1) is 38.2. The third-order valence-corrected chi connectivity index (χ3v) is 2.52. The molecule has 0 aliphatic carbocycles. The van der Waals surface area contributed by atoms with Crippen molar-refractivity contribution in [3.63, 3.8) is 0 Å². The maximum Gasteiger partial charge on any atom is 1.00 e. The molecule has 0 aromatic carbocycles. The van der Waals surface area contributed by atoms with Crippen LogP contribution in [0.3, 0.4) is 0 Å². The van der Waals surface area contributed by atoms with Gasteiger partial charge in [-0.25, -0.2) is 0 Å². The van der Waals surface area contributed by atoms with Crippen molar-refractivity contribution in [2.45, 2.75) is 39.7 Å². The van der Waals surface area contributed by atoms with Crippen LogP contribution in [0.25, 0.3) is 0 Å². The fourth-order valence-corrected chi connectivity index (χ4v) is 1.10. The molecule has 2 aliphatic rings. The van der Waals surface area contributed by atoms with Crippen LogP contribution in [0.1, 0.15) is 33.6 Å². The summed E-state index contributed by atoms with van der Waals surface area (Å²) in [7, 11) is 0.699. The number of rotatable bonds is 6. The summed E-state index contributed by atoms with van der Waals surface area (Å²) in [6, 6.07) is 4.47. The molecule has 0 aromatic rings. The van der Waals surface area contributed by atoms with Gasteiger partial charge in [0.05, 0.1) is 31.4 Å². The third-order valence-electron chi connectivity index (χ3n) is 2.52. The fraction of sp³-hybridized carbons (Fsp3) is 0.667. The maximum atomic E-state index is 9.98. The zero-order valence-corrected chi connectivity index (χ0v) is 21.5. The summed E-state index contributed by atoms with van der Waals surface area (Å²) < 4.78 is 17.7. The largest absolute Gasteiger partial charge is 1.00 e. The Bertz CT molecular complexity index is 599. The zero-order chi connectivity index (χ0) is 25.2. The first-order valence-electron chi connectivity index (χ1n) is 9.30. The van der Waals surface area contributed by atoms with Crippen molar-refractivity contribution >= 4 is 31.4 Å². The Kier molecular flexibility index (Phi) is 34.7. The van der Waals surface area contributed by atoms with Gasteiger partial charge in [-0.05, 0) is 0 Å². The molecule has 2 saturated heterocycles. The quantitative estimate of drug-likeness (QED) is 0.245. The summed E-state index contributed by atoms with van der Waals surface area (Å²) >= 11 is 0. The Morgan fingerprint density at radius 1 is 1.09 bits per heavy atom. The average molecular weight is 480 g/mol. The molecule has 180 valence electrons. The molecule has 0 atom stereocenters. The first-order valence-corrected chi connectivity index (χ1v) is 9.30. The molecule has 13 nitrogen and oxygen atoms in total. The van der Waals surface area contributed by atoms with Gasteiger partial charge in [0, 0.05) is 46.7 Å². The summed E-state index contributed by atoms with van der Waals surface area (Å²) in [5.74, 6) is -1.66. The predicted octanol–water partition coefficient (Wildman–Crippen LogP) is -3.93. The van der Waals surface area contributed by atoms with Crippen LogP contribution >= 0.6 is 0 Å². The Labute approximate surface area is 216 Å². The molecule has 15 heteroatoms. The molecule has 2 aliphatic heterocycles. The minimum absolute atomic E-state index is 0. The van der Waals surface area contributed by atoms with Crippen LogP contribution in [0.5, 0.6) is 0 Å². The van der Waals surface area contributed by atoms with Crippen LogP contribution in [-0.4, -0.2) is 82.0 Å². The summed E-state index contributed by atoms with van der Waals surface area (Å²) in [6.07, 6.45) is 1.07. The Morgan fingerprint density at radius 3 is 1.70 bits per heavy atom. The van der Waals surface area contributed by atoms with E-state index in [2.05, 4.69) is 25.4 Å². The number of carboxylic acids is 1. The van der Waals surface area contributed by atoms with Crippen LogP contribution in [0, 0.1) is 22.7 Å². The molecule has 0 saturated carbocycles. The van der Waals surface area contributed by atoms with Crippen molar-refractivity contribution in [2.75, 3.05) is 39.5 Å². The number of carboxylic acid groups (broad SMARTS) is 1. The Balaban J connectivity index is -0.000000164. The molecular formula is C18H30BN4NaO9. The molecule has 2 heterocycles. The molecule has 0 amide bonds. The minimum Gasteiger partial charge on any atom is -0.702 e. The number of hydrogen-bond acceptors (Lipinski definition) is 12. The number of ketones is 1. The van der Waals surface area contributed by atoms with E-state index in [1.165, 1.54) is 13.8 Å². The van der Waals surface area contributed by atoms with E-state index in [4.69, 9.17) is 30.9 Å². The van der Waals surface area contributed by atoms with Gasteiger partial charge in [-0.15, -0.1) is 0 Å². The number of aliphatic carboxylic acids is 1. The van der Waals surface area contributed by atoms with E-state index in [0.717, 1.165) is 26.7 Å². The van der Waals surface area contributed by atoms with Gasteiger partial charge in [-0.1, -0.05) is 0 Å². The number of carbonyl (C=O) groups is 4. The van der Waals surface area contributed by atoms with Gasteiger partial charge in [0.1, 0.15) is 20.9 Å². The second kappa shape index (κ2) is 30.0. The van der Waals surface area contributed by atoms with Gasteiger partial charge in [-0.2, -0.15) is 10.5 Å². The Hall–Kier alpha value is -2.04. The number of carbonyl (C=O) groups excluding carboxylic acids is 3. The van der Waals surface area contributed by atoms with Crippen LogP contribution in [0.2, 0.25) is 0 Å². The molecule has 4 N–H and O–H groups in total. The van der Waals surface area contributed by atoms with E-state index in [0.29, 0.717) is 46.3 Å². The van der Waals surface area contributed by atoms with Gasteiger partial charge in [-0.3, -0.25) is 19.2 Å². The van der Waals surface area contributed by atoms with E-state index < -0.39 is 17.9 Å². The number of nitrogens with zero attached hydrogens (tertiary/aromatic N) is 2. The molecular weight excluding hydrogens is 450 g/mol. The third kappa shape index (κ3) is 44.4. The summed E-state index contributed by atoms with van der Waals surface area (Å²) in [6.45, 7) is 7.10. The van der Waals surface area contributed by atoms with Crippen LogP contribution in [-0.2, 0) is 38.0 Å². The predicted molar refractivity (Wildman–Crippen MR) is 111 cm³/mol. The molecule has 2 radical (unpaired) electrons. The second-order valence-corrected chi connectivity index (χ2v) is 5.66. The monoisotopic (exact) mass is 480 g/mol. The van der Waals surface area contributed by atoms with Gasteiger partial charge >= 0.3 is 29.6 Å². The van der Waals surface area contributed by atoms with Gasteiger partial charge in [0.2, 0.25) is 0 Å². The number of nitrogens with two attached hydrogens (primary N) is 1. The van der Waals surface area contributed by atoms with Crippen molar-refractivity contribution in [1.29, 1.82) is 10.5 Å². The van der Waals surface area contributed by atoms with Crippen molar-refractivity contribution in [1.82, 2.24) is 5.32 Å². The normalized spacial score (nSPS) is 12.4. The molecule has 0 bridgehead atoms. The summed E-state index contributed by atoms with van der Waals surface area (Å²) in [4.78, 5) is 38.7. The van der Waals surface area contributed by atoms with Crippen molar-refractivity contribution in [2.24, 2.45) is 5.73 Å². The van der Waals surface area contributed by atoms with Gasteiger partial charge < -0.3 is 34.9 Å². The standard InChI is InChI=1S/C6H10N2O.C4H6BO4.C3H6N2.C3H4O2.C2H4O2.Na/c7-2-1-3-8-6-4-9-5-6;1-3(6)8-5-9-4(2)7;4-2-1-3-5;4-3-1-5-2-3;1-2(3)4;/h6,8H,1,3-5H2;1-2H3;1-2,4H2;1-2H2;1H3,(H,3,4);/q;-1;;;;+1. The SMILES string of the molecule is CC(=O)O.CC(=O)O[B-]OC(C)=O.N#CCCN.N#CCCNC1COC1.O=C1COC1.[Na+]. The number of nitriles is 2. The molecule has 33 heavy (non-hydrogen) atoms. The van der Waals surface area contributed by atoms with E-state index in [9.17, 15) is 14.4 Å². The number of nitrogens with one attached hydrogen (secondary N) is 1. The first-order chi connectivity index (χ1) is 15.1. The van der Waals surface area contributed by atoms with E-state index in [1.807, 2.05) is 6.07 Å². The number of hydrogen-bond donors (Lipinski definition) is 3. The molecule has 0 aromatic heterocycles. The van der Waals surface area contributed by atoms with Gasteiger partial charge in [0.25, 0.3) is 17.9 Å². The van der Waals surface area contributed by atoms with E-state index in [1.54, 1.807) is 0 Å². The van der Waals surface area contributed by atoms with Crippen molar-refractivity contribution in [3.05, 3.63) is 0 Å². The minimum atomic E-state index is -0.833. The average Bonchev–Trinajstić information content (AvgIpc) is 2.63. The van der Waals surface area contributed by atoms with Crippen LogP contribution in [0.15, 0.2) is 0 Å². The van der Waals surface area contributed by atoms with E-state index in [-0.39, 0.29) is 35.3 Å². The smallest absolute Gasteiger partial charge is 0.702 e. The summed E-state index contributed by atoms with van der Waals surface area (Å²) in [5.41, 5.74) is 4.92. The molecule has 2 fully saturated rings. The van der Waals surface area contributed by atoms with Gasteiger partial charge in [0.15, 0.2) is 5.78 Å². The Morgan fingerprint density at radius 2 is 1.52 bits per heavy atom. The van der Waals surface area contributed by atoms with Crippen molar-refractivity contribution < 1.29 is 72.6 Å². The van der Waals surface area contributed by atoms with Crippen LogP contribution < -0.4 is 40.6 Å². The maximum absolute atomic E-state index is 9.98. The molecule has 2 rings (SSSR count). The summed E-state index contributed by atoms with van der Waals surface area (Å²) in [5, 5.41) is 26.5. The molecule has 0 unspecified atom stereocenters. The zero-order valence-electron chi connectivity index (χ0n) is 19.5. The number of Topliss-reactive ketones (excluding diaryl/α,β-unsaturated/α-hetero) is 1. The van der Waals surface area contributed by atoms with Crippen LogP contribution in [0.4, 0.5) is 0 Å². The second-order valence-electron chi connectivity index (χ2n) is 5.66. The molecule has 0 spiro atoms. The van der Waals surface area contributed by atoms with E-state index >= 15 is 0 Å². The number of ether oxygens (including phenoxy) is 2. The van der Waals surface area contributed by atoms with Crippen molar-refractivity contribution in [3.8, 4) is 12.1 Å².